The minimum Gasteiger partial charge on any atom is -0.480 e. The Bertz CT molecular complexity index is 1260. The number of hydrogen-bond donors (Lipinski definition) is 3. The fourth-order valence-electron chi connectivity index (χ4n) is 4.12. The first-order chi connectivity index (χ1) is 16.7. The normalized spacial score (nSPS) is 13.8. The van der Waals surface area contributed by atoms with E-state index in [4.69, 9.17) is 16.3 Å². The van der Waals surface area contributed by atoms with Crippen molar-refractivity contribution in [2.45, 2.75) is 31.7 Å². The van der Waals surface area contributed by atoms with E-state index in [1.807, 2.05) is 36.4 Å². The molecule has 3 N–H and O–H groups in total. The molecule has 8 heteroatoms. The topological polar surface area (TPSA) is 105 Å². The second-order valence-electron chi connectivity index (χ2n) is 8.59. The number of carbonyl (C=O) groups excluding carboxylic acids is 2. The summed E-state index contributed by atoms with van der Waals surface area (Å²) in [5, 5.41) is 14.7. The van der Waals surface area contributed by atoms with Gasteiger partial charge in [-0.15, -0.1) is 0 Å². The van der Waals surface area contributed by atoms with Crippen molar-refractivity contribution in [3.8, 4) is 11.1 Å². The van der Waals surface area contributed by atoms with E-state index in [0.29, 0.717) is 0 Å². The summed E-state index contributed by atoms with van der Waals surface area (Å²) in [6, 6.07) is 20.4. The van der Waals surface area contributed by atoms with E-state index in [2.05, 4.69) is 22.8 Å². The van der Waals surface area contributed by atoms with Crippen LogP contribution >= 0.6 is 11.6 Å². The van der Waals surface area contributed by atoms with Gasteiger partial charge in [-0.2, -0.15) is 0 Å². The maximum absolute atomic E-state index is 12.6. The number of ether oxygens (including phenoxy) is 1. The second kappa shape index (κ2) is 9.80. The molecule has 0 aromatic heterocycles. The lowest BCUT2D eigenvalue weighted by molar-refractivity contribution is -0.143. The van der Waals surface area contributed by atoms with Crippen LogP contribution in [0, 0.1) is 0 Å². The third kappa shape index (κ3) is 4.86. The Kier molecular flexibility index (Phi) is 6.80. The number of hydrogen-bond acceptors (Lipinski definition) is 4. The summed E-state index contributed by atoms with van der Waals surface area (Å²) >= 11 is 6.22. The van der Waals surface area contributed by atoms with Gasteiger partial charge in [-0.3, -0.25) is 10.1 Å². The number of fused-ring (bicyclic) bond motifs is 3. The highest BCUT2D eigenvalue weighted by Gasteiger charge is 2.33. The highest BCUT2D eigenvalue weighted by molar-refractivity contribution is 6.33. The Balaban J connectivity index is 1.46. The third-order valence-corrected chi connectivity index (χ3v) is 6.71. The molecule has 0 saturated carbocycles. The smallest absolute Gasteiger partial charge is 0.411 e. The van der Waals surface area contributed by atoms with Gasteiger partial charge in [0.1, 0.15) is 12.1 Å². The standard InChI is InChI=1S/C27H25ClN2O5/c1-3-27(2,25(32)33)30-24(31)16-12-13-22(28)23(14-16)29-26(34)35-15-21-19-10-6-4-8-17(19)18-9-5-7-11-20(18)21/h4-14,21H,3,15H2,1-2H3,(H,29,34)(H,30,31)(H,32,33). The summed E-state index contributed by atoms with van der Waals surface area (Å²) in [5.41, 5.74) is 3.36. The van der Waals surface area contributed by atoms with E-state index in [1.165, 1.54) is 25.1 Å². The molecule has 35 heavy (non-hydrogen) atoms. The molecular weight excluding hydrogens is 468 g/mol. The third-order valence-electron chi connectivity index (χ3n) is 6.38. The molecule has 0 bridgehead atoms. The Hall–Kier alpha value is -3.84. The maximum atomic E-state index is 12.6. The molecule has 0 heterocycles. The van der Waals surface area contributed by atoms with Gasteiger partial charge in [0.15, 0.2) is 0 Å². The number of aliphatic carboxylic acids is 1. The summed E-state index contributed by atoms with van der Waals surface area (Å²) in [5.74, 6) is -1.83. The van der Waals surface area contributed by atoms with Crippen LogP contribution in [0.5, 0.6) is 0 Å². The molecule has 1 unspecified atom stereocenters. The Labute approximate surface area is 208 Å². The van der Waals surface area contributed by atoms with Crippen LogP contribution in [0.3, 0.4) is 0 Å². The molecular formula is C27H25ClN2O5. The van der Waals surface area contributed by atoms with Crippen LogP contribution in [0.4, 0.5) is 10.5 Å². The van der Waals surface area contributed by atoms with Gasteiger partial charge in [0.25, 0.3) is 5.91 Å². The van der Waals surface area contributed by atoms with E-state index in [-0.39, 0.29) is 35.2 Å². The summed E-state index contributed by atoms with van der Waals surface area (Å²) < 4.78 is 5.54. The van der Waals surface area contributed by atoms with E-state index < -0.39 is 23.5 Å². The van der Waals surface area contributed by atoms with Crippen molar-refractivity contribution in [3.05, 3.63) is 88.4 Å². The van der Waals surface area contributed by atoms with Gasteiger partial charge in [0.05, 0.1) is 10.7 Å². The molecule has 0 aliphatic heterocycles. The average Bonchev–Trinajstić information content (AvgIpc) is 3.17. The summed E-state index contributed by atoms with van der Waals surface area (Å²) in [4.78, 5) is 36.8. The number of nitrogens with one attached hydrogen (secondary N) is 2. The van der Waals surface area contributed by atoms with E-state index >= 15 is 0 Å². The number of benzene rings is 3. The predicted octanol–water partition coefficient (Wildman–Crippen LogP) is 5.68. The fraction of sp³-hybridized carbons (Fsp3) is 0.222. The van der Waals surface area contributed by atoms with Gasteiger partial charge in [0.2, 0.25) is 0 Å². The SMILES string of the molecule is CCC(C)(NC(=O)c1ccc(Cl)c(NC(=O)OCC2c3ccccc3-c3ccccc32)c1)C(=O)O. The van der Waals surface area contributed by atoms with Crippen LogP contribution < -0.4 is 10.6 Å². The zero-order valence-corrected chi connectivity index (χ0v) is 20.1. The Morgan fingerprint density at radius 3 is 2.17 bits per heavy atom. The predicted molar refractivity (Wildman–Crippen MR) is 134 cm³/mol. The molecule has 3 aromatic rings. The molecule has 0 spiro atoms. The van der Waals surface area contributed by atoms with Crippen molar-refractivity contribution in [2.75, 3.05) is 11.9 Å². The zero-order chi connectivity index (χ0) is 25.2. The van der Waals surface area contributed by atoms with E-state index in [1.54, 1.807) is 6.92 Å². The van der Waals surface area contributed by atoms with Crippen LogP contribution in [0.15, 0.2) is 66.7 Å². The minimum atomic E-state index is -1.42. The van der Waals surface area contributed by atoms with Crippen LogP contribution in [0.2, 0.25) is 5.02 Å². The number of carbonyl (C=O) groups is 3. The van der Waals surface area contributed by atoms with Crippen molar-refractivity contribution in [2.24, 2.45) is 0 Å². The number of rotatable bonds is 7. The molecule has 1 atom stereocenters. The highest BCUT2D eigenvalue weighted by atomic mass is 35.5. The largest absolute Gasteiger partial charge is 0.480 e. The molecule has 4 rings (SSSR count). The first-order valence-corrected chi connectivity index (χ1v) is 11.6. The van der Waals surface area contributed by atoms with E-state index in [0.717, 1.165) is 22.3 Å². The first kappa shape index (κ1) is 24.3. The number of anilines is 1. The van der Waals surface area contributed by atoms with Gasteiger partial charge in [-0.1, -0.05) is 67.1 Å². The van der Waals surface area contributed by atoms with Crippen molar-refractivity contribution in [1.29, 1.82) is 0 Å². The van der Waals surface area contributed by atoms with Gasteiger partial charge in [0, 0.05) is 11.5 Å². The lowest BCUT2D eigenvalue weighted by atomic mass is 9.98. The fourth-order valence-corrected chi connectivity index (χ4v) is 4.29. The summed E-state index contributed by atoms with van der Waals surface area (Å²) in [7, 11) is 0. The molecule has 180 valence electrons. The summed E-state index contributed by atoms with van der Waals surface area (Å²) in [6.45, 7) is 3.23. The van der Waals surface area contributed by atoms with Crippen molar-refractivity contribution >= 4 is 35.3 Å². The van der Waals surface area contributed by atoms with E-state index in [9.17, 15) is 19.5 Å². The molecule has 3 aromatic carbocycles. The molecule has 0 radical (unpaired) electrons. The Morgan fingerprint density at radius 2 is 1.60 bits per heavy atom. The van der Waals surface area contributed by atoms with Crippen LogP contribution in [0.25, 0.3) is 11.1 Å². The molecule has 1 aliphatic rings. The zero-order valence-electron chi connectivity index (χ0n) is 19.3. The van der Waals surface area contributed by atoms with Crippen LogP contribution in [0.1, 0.15) is 47.7 Å². The van der Waals surface area contributed by atoms with Crippen molar-refractivity contribution in [3.63, 3.8) is 0 Å². The number of halogens is 1. The number of amides is 2. The van der Waals surface area contributed by atoms with Gasteiger partial charge >= 0.3 is 12.1 Å². The Morgan fingerprint density at radius 1 is 1.00 bits per heavy atom. The number of carboxylic acid groups (broad SMARTS) is 1. The van der Waals surface area contributed by atoms with Crippen molar-refractivity contribution in [1.82, 2.24) is 5.32 Å². The second-order valence-corrected chi connectivity index (χ2v) is 9.00. The lowest BCUT2D eigenvalue weighted by Crippen LogP contribution is -2.51. The monoisotopic (exact) mass is 492 g/mol. The minimum absolute atomic E-state index is 0.0940. The first-order valence-electron chi connectivity index (χ1n) is 11.2. The molecule has 7 nitrogen and oxygen atoms in total. The maximum Gasteiger partial charge on any atom is 0.411 e. The highest BCUT2D eigenvalue weighted by Crippen LogP contribution is 2.44. The van der Waals surface area contributed by atoms with Gasteiger partial charge in [-0.05, 0) is 53.8 Å². The van der Waals surface area contributed by atoms with Crippen molar-refractivity contribution < 1.29 is 24.2 Å². The molecule has 0 fully saturated rings. The average molecular weight is 493 g/mol. The van der Waals surface area contributed by atoms with Gasteiger partial charge in [-0.25, -0.2) is 9.59 Å². The van der Waals surface area contributed by atoms with Crippen LogP contribution in [-0.4, -0.2) is 35.2 Å². The van der Waals surface area contributed by atoms with Gasteiger partial charge < -0.3 is 15.2 Å². The lowest BCUT2D eigenvalue weighted by Gasteiger charge is -2.24. The number of carboxylic acids is 1. The molecule has 1 aliphatic carbocycles. The summed E-state index contributed by atoms with van der Waals surface area (Å²) in [6.07, 6.45) is -0.512. The molecule has 2 amide bonds. The molecule has 0 saturated heterocycles. The quantitative estimate of drug-likeness (QED) is 0.393. The van der Waals surface area contributed by atoms with Crippen LogP contribution in [-0.2, 0) is 9.53 Å².